The number of primary amides is 1. The highest BCUT2D eigenvalue weighted by Gasteiger charge is 2.26. The first-order valence-electron chi connectivity index (χ1n) is 8.19. The lowest BCUT2D eigenvalue weighted by atomic mass is 10.0. The first kappa shape index (κ1) is 21.2. The molecule has 6 nitrogen and oxygen atoms in total. The van der Waals surface area contributed by atoms with E-state index < -0.39 is 23.7 Å². The molecule has 2 N–H and O–H groups in total. The van der Waals surface area contributed by atoms with Crippen LogP contribution in [0, 0.1) is 5.82 Å². The van der Waals surface area contributed by atoms with Crippen molar-refractivity contribution in [3.8, 4) is 11.5 Å². The van der Waals surface area contributed by atoms with Crippen LogP contribution in [0.25, 0.3) is 6.08 Å². The fourth-order valence-corrected chi connectivity index (χ4v) is 3.00. The van der Waals surface area contributed by atoms with Crippen LogP contribution in [0.1, 0.15) is 17.2 Å². The normalized spacial score (nSPS) is 11.9. The molecule has 28 heavy (non-hydrogen) atoms. The van der Waals surface area contributed by atoms with Crippen LogP contribution in [0.5, 0.6) is 11.5 Å². The lowest BCUT2D eigenvalue weighted by molar-refractivity contribution is -0.134. The third kappa shape index (κ3) is 4.80. The summed E-state index contributed by atoms with van der Waals surface area (Å²) in [4.78, 5) is 25.5. The fourth-order valence-electron chi connectivity index (χ4n) is 2.70. The minimum Gasteiger partial charge on any atom is -0.493 e. The van der Waals surface area contributed by atoms with Gasteiger partial charge in [0.05, 0.1) is 19.2 Å². The summed E-state index contributed by atoms with van der Waals surface area (Å²) in [5.41, 5.74) is 6.30. The topological polar surface area (TPSA) is 81.9 Å². The van der Waals surface area contributed by atoms with Gasteiger partial charge in [-0.3, -0.25) is 9.59 Å². The number of hydrogen-bond donors (Lipinski definition) is 1. The van der Waals surface area contributed by atoms with E-state index >= 15 is 0 Å². The molecule has 0 heterocycles. The highest BCUT2D eigenvalue weighted by molar-refractivity contribution is 6.32. The van der Waals surface area contributed by atoms with E-state index in [1.807, 2.05) is 0 Å². The van der Waals surface area contributed by atoms with E-state index in [0.29, 0.717) is 22.1 Å². The van der Waals surface area contributed by atoms with Crippen molar-refractivity contribution in [1.29, 1.82) is 0 Å². The average Bonchev–Trinajstić information content (AvgIpc) is 2.65. The molecule has 2 amide bonds. The highest BCUT2D eigenvalue weighted by Crippen LogP contribution is 2.36. The molecule has 0 aromatic heterocycles. The maximum absolute atomic E-state index is 13.5. The summed E-state index contributed by atoms with van der Waals surface area (Å²) >= 11 is 6.15. The predicted molar refractivity (Wildman–Crippen MR) is 105 cm³/mol. The maximum atomic E-state index is 13.5. The van der Waals surface area contributed by atoms with Crippen LogP contribution >= 0.6 is 11.6 Å². The second kappa shape index (κ2) is 9.23. The molecule has 0 saturated carbocycles. The highest BCUT2D eigenvalue weighted by atomic mass is 35.5. The summed E-state index contributed by atoms with van der Waals surface area (Å²) in [6.45, 7) is 0. The molecule has 2 aromatic rings. The van der Waals surface area contributed by atoms with E-state index in [1.165, 1.54) is 51.6 Å². The first-order valence-corrected chi connectivity index (χ1v) is 8.57. The van der Waals surface area contributed by atoms with Gasteiger partial charge in [-0.15, -0.1) is 0 Å². The maximum Gasteiger partial charge on any atom is 0.247 e. The van der Waals surface area contributed by atoms with Gasteiger partial charge < -0.3 is 20.1 Å². The quantitative estimate of drug-likeness (QED) is 0.716. The zero-order valence-corrected chi connectivity index (χ0v) is 16.4. The summed E-state index contributed by atoms with van der Waals surface area (Å²) < 4.78 is 23.9. The Hall–Kier alpha value is -3.06. The molecule has 1 unspecified atom stereocenters. The largest absolute Gasteiger partial charge is 0.493 e. The predicted octanol–water partition coefficient (Wildman–Crippen LogP) is 3.19. The van der Waals surface area contributed by atoms with Crippen molar-refractivity contribution in [2.45, 2.75) is 6.04 Å². The summed E-state index contributed by atoms with van der Waals surface area (Å²) in [5.74, 6) is -1.02. The number of benzene rings is 2. The average molecular weight is 407 g/mol. The molecule has 0 aliphatic carbocycles. The van der Waals surface area contributed by atoms with E-state index in [2.05, 4.69) is 0 Å². The Morgan fingerprint density at radius 2 is 1.93 bits per heavy atom. The zero-order valence-electron chi connectivity index (χ0n) is 15.6. The van der Waals surface area contributed by atoms with Crippen LogP contribution in [0.3, 0.4) is 0 Å². The third-order valence-electron chi connectivity index (χ3n) is 4.04. The first-order chi connectivity index (χ1) is 13.3. The molecule has 2 aromatic carbocycles. The Bertz CT molecular complexity index is 917. The molecule has 1 atom stereocenters. The number of amides is 2. The molecule has 0 spiro atoms. The Morgan fingerprint density at radius 1 is 1.21 bits per heavy atom. The molecule has 0 saturated heterocycles. The van der Waals surface area contributed by atoms with Gasteiger partial charge in [0.2, 0.25) is 11.8 Å². The van der Waals surface area contributed by atoms with Crippen LogP contribution < -0.4 is 15.2 Å². The number of nitrogens with two attached hydrogens (primary N) is 1. The molecular weight excluding hydrogens is 387 g/mol. The minimum absolute atomic E-state index is 0.283. The minimum atomic E-state index is -1.11. The van der Waals surface area contributed by atoms with Crippen molar-refractivity contribution in [3.63, 3.8) is 0 Å². The van der Waals surface area contributed by atoms with Gasteiger partial charge in [0.15, 0.2) is 11.5 Å². The summed E-state index contributed by atoms with van der Waals surface area (Å²) in [7, 11) is 4.35. The van der Waals surface area contributed by atoms with E-state index in [4.69, 9.17) is 26.8 Å². The monoisotopic (exact) mass is 406 g/mol. The van der Waals surface area contributed by atoms with Gasteiger partial charge in [0.1, 0.15) is 11.9 Å². The van der Waals surface area contributed by atoms with Crippen molar-refractivity contribution >= 4 is 29.5 Å². The fraction of sp³-hybridized carbons (Fsp3) is 0.200. The molecule has 0 bridgehead atoms. The molecule has 0 radical (unpaired) electrons. The van der Waals surface area contributed by atoms with E-state index in [0.717, 1.165) is 11.0 Å². The van der Waals surface area contributed by atoms with Gasteiger partial charge >= 0.3 is 0 Å². The van der Waals surface area contributed by atoms with Crippen LogP contribution in [-0.4, -0.2) is 38.0 Å². The number of halogens is 2. The summed E-state index contributed by atoms with van der Waals surface area (Å²) in [6, 6.07) is 7.51. The molecular formula is C20H20ClFN2O4. The van der Waals surface area contributed by atoms with Crippen molar-refractivity contribution in [2.75, 3.05) is 21.3 Å². The van der Waals surface area contributed by atoms with Crippen molar-refractivity contribution < 1.29 is 23.5 Å². The molecule has 148 valence electrons. The summed E-state index contributed by atoms with van der Waals surface area (Å²) in [5, 5.41) is 0.317. The van der Waals surface area contributed by atoms with Gasteiger partial charge in [0, 0.05) is 13.1 Å². The van der Waals surface area contributed by atoms with Crippen LogP contribution in [-0.2, 0) is 9.59 Å². The van der Waals surface area contributed by atoms with E-state index in [1.54, 1.807) is 12.1 Å². The molecule has 8 heteroatoms. The number of carbonyl (C=O) groups is 2. The van der Waals surface area contributed by atoms with Crippen LogP contribution in [0.4, 0.5) is 4.39 Å². The van der Waals surface area contributed by atoms with Gasteiger partial charge in [0.25, 0.3) is 0 Å². The Kier molecular flexibility index (Phi) is 7.00. The smallest absolute Gasteiger partial charge is 0.247 e. The molecule has 0 aliphatic heterocycles. The Labute approximate surface area is 167 Å². The lowest BCUT2D eigenvalue weighted by Crippen LogP contribution is -2.38. The number of ether oxygens (including phenoxy) is 2. The number of likely N-dealkylation sites (N-methyl/N-ethyl adjacent to an activating group) is 1. The molecule has 0 aliphatic rings. The number of hydrogen-bond acceptors (Lipinski definition) is 4. The Balaban J connectivity index is 2.27. The van der Waals surface area contributed by atoms with Crippen LogP contribution in [0.15, 0.2) is 42.5 Å². The standard InChI is InChI=1S/C20H20ClFN2O4/c1-24(18(20(23)26)13-5-4-6-14(22)11-13)17(25)8-7-12-9-15(21)19(28-3)16(10-12)27-2/h4-11,18H,1-3H3,(H2,23,26)/b8-7+. The summed E-state index contributed by atoms with van der Waals surface area (Å²) in [6.07, 6.45) is 2.77. The van der Waals surface area contributed by atoms with Crippen molar-refractivity contribution in [1.82, 2.24) is 4.90 Å². The van der Waals surface area contributed by atoms with E-state index in [-0.39, 0.29) is 5.56 Å². The second-order valence-corrected chi connectivity index (χ2v) is 6.29. The van der Waals surface area contributed by atoms with Crippen molar-refractivity contribution in [2.24, 2.45) is 5.73 Å². The number of rotatable bonds is 7. The third-order valence-corrected chi connectivity index (χ3v) is 4.32. The lowest BCUT2D eigenvalue weighted by Gasteiger charge is -2.25. The SMILES string of the molecule is COc1cc(/C=C/C(=O)N(C)C(C(N)=O)c2cccc(F)c2)cc(Cl)c1OC. The van der Waals surface area contributed by atoms with E-state index in [9.17, 15) is 14.0 Å². The van der Waals surface area contributed by atoms with Gasteiger partial charge in [-0.05, 0) is 41.5 Å². The van der Waals surface area contributed by atoms with Crippen molar-refractivity contribution in [3.05, 3.63) is 64.4 Å². The van der Waals surface area contributed by atoms with Gasteiger partial charge in [-0.2, -0.15) is 0 Å². The number of methoxy groups -OCH3 is 2. The van der Waals surface area contributed by atoms with Gasteiger partial charge in [-0.1, -0.05) is 23.7 Å². The zero-order chi connectivity index (χ0) is 20.8. The number of nitrogens with zero attached hydrogens (tertiary/aromatic N) is 1. The molecule has 2 rings (SSSR count). The van der Waals surface area contributed by atoms with Gasteiger partial charge in [-0.25, -0.2) is 4.39 Å². The molecule has 0 fully saturated rings. The van der Waals surface area contributed by atoms with Crippen LogP contribution in [0.2, 0.25) is 5.02 Å². The second-order valence-electron chi connectivity index (χ2n) is 5.88. The number of carbonyl (C=O) groups excluding carboxylic acids is 2. The Morgan fingerprint density at radius 3 is 2.50 bits per heavy atom.